The number of esters is 3. The number of hydrogen-bond donors (Lipinski definition) is 0. The number of carbonyl (C=O) groups excluding carboxylic acids is 3. The normalized spacial score (nSPS) is 12.2. The van der Waals surface area contributed by atoms with E-state index in [2.05, 4.69) is 57.2 Å². The van der Waals surface area contributed by atoms with E-state index in [-0.39, 0.29) is 31.1 Å². The predicted octanol–water partition coefficient (Wildman–Crippen LogP) is 23.6. The van der Waals surface area contributed by atoms with E-state index in [1.54, 1.807) is 0 Å². The van der Waals surface area contributed by atoms with Crippen LogP contribution < -0.4 is 0 Å². The van der Waals surface area contributed by atoms with E-state index in [9.17, 15) is 14.4 Å². The van der Waals surface area contributed by atoms with Gasteiger partial charge in [-0.05, 0) is 57.8 Å². The Morgan fingerprint density at radius 3 is 0.727 bits per heavy atom. The van der Waals surface area contributed by atoms with Crippen molar-refractivity contribution in [1.29, 1.82) is 0 Å². The molecule has 77 heavy (non-hydrogen) atoms. The van der Waals surface area contributed by atoms with E-state index >= 15 is 0 Å². The van der Waals surface area contributed by atoms with Gasteiger partial charge in [0.2, 0.25) is 0 Å². The van der Waals surface area contributed by atoms with Crippen molar-refractivity contribution in [3.05, 3.63) is 36.5 Å². The van der Waals surface area contributed by atoms with Crippen molar-refractivity contribution >= 4 is 17.9 Å². The molecule has 0 radical (unpaired) electrons. The quantitative estimate of drug-likeness (QED) is 0.0261. The lowest BCUT2D eigenvalue weighted by atomic mass is 10.0. The molecule has 0 saturated heterocycles. The Morgan fingerprint density at radius 1 is 0.260 bits per heavy atom. The number of hydrogen-bond acceptors (Lipinski definition) is 6. The molecule has 452 valence electrons. The lowest BCUT2D eigenvalue weighted by Gasteiger charge is -2.18. The van der Waals surface area contributed by atoms with Gasteiger partial charge in [-0.15, -0.1) is 0 Å². The number of allylic oxidation sites excluding steroid dienone is 6. The first-order valence-corrected chi connectivity index (χ1v) is 34.5. The molecule has 0 aromatic heterocycles. The van der Waals surface area contributed by atoms with Gasteiger partial charge in [0, 0.05) is 19.3 Å². The summed E-state index contributed by atoms with van der Waals surface area (Å²) in [5, 5.41) is 0. The van der Waals surface area contributed by atoms with Crippen molar-refractivity contribution in [2.45, 2.75) is 386 Å². The third-order valence-corrected chi connectivity index (χ3v) is 15.6. The van der Waals surface area contributed by atoms with Crippen molar-refractivity contribution < 1.29 is 28.6 Å². The summed E-state index contributed by atoms with van der Waals surface area (Å²) in [6.45, 7) is 6.67. The molecule has 0 aliphatic carbocycles. The van der Waals surface area contributed by atoms with Crippen LogP contribution in [0, 0.1) is 0 Å². The second-order valence-corrected chi connectivity index (χ2v) is 23.5. The maximum Gasteiger partial charge on any atom is 0.306 e. The standard InChI is InChI=1S/C71H132O6/c1-4-7-10-13-16-19-21-23-25-27-28-29-30-31-32-33-34-35-36-37-38-39-40-41-42-44-45-47-49-52-55-58-61-64-70(73)76-67-68(66-75-69(72)63-60-57-54-51-18-15-12-9-6-3)77-71(74)65-62-59-56-53-50-48-46-43-26-24-22-20-17-14-11-8-5-2/h21,23,27-28,30-31,68H,4-20,22,24-26,29,32-67H2,1-3H3/b23-21-,28-27-,31-30-. The molecule has 0 fully saturated rings. The predicted molar refractivity (Wildman–Crippen MR) is 335 cm³/mol. The van der Waals surface area contributed by atoms with Gasteiger partial charge < -0.3 is 14.2 Å². The molecule has 0 N–H and O–H groups in total. The van der Waals surface area contributed by atoms with E-state index < -0.39 is 6.10 Å². The molecule has 0 heterocycles. The zero-order chi connectivity index (χ0) is 55.7. The van der Waals surface area contributed by atoms with Crippen LogP contribution in [-0.2, 0) is 28.6 Å². The van der Waals surface area contributed by atoms with Crippen LogP contribution in [0.5, 0.6) is 0 Å². The Morgan fingerprint density at radius 2 is 0.468 bits per heavy atom. The van der Waals surface area contributed by atoms with E-state index in [0.717, 1.165) is 70.6 Å². The minimum atomic E-state index is -0.765. The highest BCUT2D eigenvalue weighted by Crippen LogP contribution is 2.18. The number of rotatable bonds is 64. The molecule has 0 amide bonds. The van der Waals surface area contributed by atoms with Crippen LogP contribution in [0.2, 0.25) is 0 Å². The smallest absolute Gasteiger partial charge is 0.306 e. The molecule has 0 bridgehead atoms. The third-order valence-electron chi connectivity index (χ3n) is 15.6. The molecular formula is C71H132O6. The van der Waals surface area contributed by atoms with Crippen LogP contribution in [0.1, 0.15) is 380 Å². The molecule has 1 atom stereocenters. The Balaban J connectivity index is 4.03. The Hall–Kier alpha value is -2.37. The van der Waals surface area contributed by atoms with Crippen LogP contribution in [0.15, 0.2) is 36.5 Å². The minimum absolute atomic E-state index is 0.0650. The van der Waals surface area contributed by atoms with Gasteiger partial charge in [0.05, 0.1) is 0 Å². The van der Waals surface area contributed by atoms with Gasteiger partial charge in [0.25, 0.3) is 0 Å². The zero-order valence-corrected chi connectivity index (χ0v) is 52.0. The second-order valence-electron chi connectivity index (χ2n) is 23.5. The maximum absolute atomic E-state index is 12.9. The molecular weight excluding hydrogens is 949 g/mol. The topological polar surface area (TPSA) is 78.9 Å². The first-order valence-electron chi connectivity index (χ1n) is 34.5. The molecule has 0 aromatic carbocycles. The fraction of sp³-hybridized carbons (Fsp3) is 0.873. The van der Waals surface area contributed by atoms with Gasteiger partial charge in [-0.2, -0.15) is 0 Å². The summed E-state index contributed by atoms with van der Waals surface area (Å²) in [4.78, 5) is 38.2. The molecule has 1 unspecified atom stereocenters. The molecule has 0 rings (SSSR count). The van der Waals surface area contributed by atoms with Crippen molar-refractivity contribution in [3.8, 4) is 0 Å². The van der Waals surface area contributed by atoms with Crippen LogP contribution >= 0.6 is 0 Å². The Kier molecular flexibility index (Phi) is 64.1. The van der Waals surface area contributed by atoms with E-state index in [1.807, 2.05) is 0 Å². The van der Waals surface area contributed by atoms with Gasteiger partial charge in [-0.25, -0.2) is 0 Å². The van der Waals surface area contributed by atoms with Crippen LogP contribution in [-0.4, -0.2) is 37.2 Å². The number of unbranched alkanes of at least 4 members (excludes halogenated alkanes) is 47. The molecule has 0 aromatic rings. The maximum atomic E-state index is 12.9. The third kappa shape index (κ3) is 64.3. The largest absolute Gasteiger partial charge is 0.462 e. The highest BCUT2D eigenvalue weighted by atomic mass is 16.6. The second kappa shape index (κ2) is 66.1. The summed E-state index contributed by atoms with van der Waals surface area (Å²) in [7, 11) is 0. The molecule has 0 aliphatic heterocycles. The van der Waals surface area contributed by atoms with Crippen LogP contribution in [0.25, 0.3) is 0 Å². The van der Waals surface area contributed by atoms with Gasteiger partial charge in [-0.1, -0.05) is 340 Å². The molecule has 0 spiro atoms. The van der Waals surface area contributed by atoms with Crippen molar-refractivity contribution in [3.63, 3.8) is 0 Å². The van der Waals surface area contributed by atoms with Gasteiger partial charge in [0.1, 0.15) is 13.2 Å². The van der Waals surface area contributed by atoms with Crippen LogP contribution in [0.4, 0.5) is 0 Å². The number of ether oxygens (including phenoxy) is 3. The highest BCUT2D eigenvalue weighted by molar-refractivity contribution is 5.71. The fourth-order valence-corrected chi connectivity index (χ4v) is 10.5. The zero-order valence-electron chi connectivity index (χ0n) is 52.0. The summed E-state index contributed by atoms with van der Waals surface area (Å²) in [6.07, 6.45) is 81.9. The lowest BCUT2D eigenvalue weighted by molar-refractivity contribution is -0.167. The fourth-order valence-electron chi connectivity index (χ4n) is 10.5. The molecule has 6 nitrogen and oxygen atoms in total. The van der Waals surface area contributed by atoms with E-state index in [0.29, 0.717) is 19.3 Å². The van der Waals surface area contributed by atoms with E-state index in [1.165, 1.54) is 270 Å². The first kappa shape index (κ1) is 74.6. The molecule has 0 aliphatic rings. The average Bonchev–Trinajstić information content (AvgIpc) is 3.43. The van der Waals surface area contributed by atoms with Gasteiger partial charge >= 0.3 is 17.9 Å². The highest BCUT2D eigenvalue weighted by Gasteiger charge is 2.19. The van der Waals surface area contributed by atoms with Gasteiger partial charge in [0.15, 0.2) is 6.10 Å². The minimum Gasteiger partial charge on any atom is -0.462 e. The van der Waals surface area contributed by atoms with Crippen LogP contribution in [0.3, 0.4) is 0 Å². The summed E-state index contributed by atoms with van der Waals surface area (Å²) in [5.41, 5.74) is 0. The summed E-state index contributed by atoms with van der Waals surface area (Å²) in [6, 6.07) is 0. The Bertz CT molecular complexity index is 1290. The monoisotopic (exact) mass is 1080 g/mol. The SMILES string of the molecule is CCCCCCC/C=C\C/C=C\C/C=C\CCCCCCCCCCCCCCCCCCCCC(=O)OCC(COC(=O)CCCCCCCCCCC)OC(=O)CCCCCCCCCCCCCCCCCCC. The van der Waals surface area contributed by atoms with Crippen molar-refractivity contribution in [1.82, 2.24) is 0 Å². The van der Waals surface area contributed by atoms with Crippen molar-refractivity contribution in [2.24, 2.45) is 0 Å². The van der Waals surface area contributed by atoms with E-state index in [4.69, 9.17) is 14.2 Å². The Labute approximate surface area is 480 Å². The van der Waals surface area contributed by atoms with Gasteiger partial charge in [-0.3, -0.25) is 14.4 Å². The number of carbonyl (C=O) groups is 3. The summed E-state index contributed by atoms with van der Waals surface area (Å²) >= 11 is 0. The van der Waals surface area contributed by atoms with Crippen molar-refractivity contribution in [2.75, 3.05) is 13.2 Å². The lowest BCUT2D eigenvalue weighted by Crippen LogP contribution is -2.30. The average molecular weight is 1080 g/mol. The summed E-state index contributed by atoms with van der Waals surface area (Å²) in [5.74, 6) is -0.840. The summed E-state index contributed by atoms with van der Waals surface area (Å²) < 4.78 is 16.9. The molecule has 6 heteroatoms. The first-order chi connectivity index (χ1) is 38.0. The molecule has 0 saturated carbocycles.